The van der Waals surface area contributed by atoms with Gasteiger partial charge in [-0.25, -0.2) is 0 Å². The summed E-state index contributed by atoms with van der Waals surface area (Å²) in [4.78, 5) is 27.3. The van der Waals surface area contributed by atoms with Gasteiger partial charge < -0.3 is 15.5 Å². The zero-order chi connectivity index (χ0) is 19.2. The van der Waals surface area contributed by atoms with Gasteiger partial charge in [0.2, 0.25) is 11.8 Å². The first kappa shape index (κ1) is 20.2. The van der Waals surface area contributed by atoms with E-state index in [1.165, 1.54) is 34.9 Å². The van der Waals surface area contributed by atoms with Crippen molar-refractivity contribution in [2.24, 2.45) is 5.73 Å². The van der Waals surface area contributed by atoms with Crippen molar-refractivity contribution in [3.8, 4) is 0 Å². The minimum Gasteiger partial charge on any atom is -0.369 e. The fourth-order valence-corrected chi connectivity index (χ4v) is 5.39. The van der Waals surface area contributed by atoms with Crippen molar-refractivity contribution in [2.45, 2.75) is 8.68 Å². The summed E-state index contributed by atoms with van der Waals surface area (Å²) in [5.74, 6) is 0.199. The summed E-state index contributed by atoms with van der Waals surface area (Å²) >= 11 is 10.0. The van der Waals surface area contributed by atoms with Crippen LogP contribution in [0.15, 0.2) is 32.9 Å². The number of anilines is 1. The summed E-state index contributed by atoms with van der Waals surface area (Å²) in [6, 6.07) is 7.76. The molecule has 1 saturated heterocycles. The number of aromatic nitrogens is 2. The summed E-state index contributed by atoms with van der Waals surface area (Å²) in [7, 11) is 0. The fourth-order valence-electron chi connectivity index (χ4n) is 2.55. The Hall–Kier alpha value is -1.49. The molecule has 2 aromatic rings. The lowest BCUT2D eigenvalue weighted by atomic mass is 10.2. The third-order valence-electron chi connectivity index (χ3n) is 3.85. The number of primary amides is 1. The highest BCUT2D eigenvalue weighted by Gasteiger charge is 2.22. The van der Waals surface area contributed by atoms with Crippen LogP contribution in [0.1, 0.15) is 0 Å². The number of piperazine rings is 1. The Morgan fingerprint density at radius 1 is 1.11 bits per heavy atom. The maximum Gasteiger partial charge on any atom is 0.233 e. The smallest absolute Gasteiger partial charge is 0.233 e. The number of carbonyl (C=O) groups is 2. The van der Waals surface area contributed by atoms with Gasteiger partial charge in [-0.15, -0.1) is 10.2 Å². The molecule has 3 rings (SSSR count). The van der Waals surface area contributed by atoms with E-state index in [1.807, 2.05) is 29.2 Å². The van der Waals surface area contributed by atoms with Crippen molar-refractivity contribution >= 4 is 64.0 Å². The molecule has 2 N–H and O–H groups in total. The zero-order valence-electron chi connectivity index (χ0n) is 14.3. The van der Waals surface area contributed by atoms with E-state index in [0.29, 0.717) is 32.5 Å². The van der Waals surface area contributed by atoms with Gasteiger partial charge >= 0.3 is 0 Å². The summed E-state index contributed by atoms with van der Waals surface area (Å²) in [6.45, 7) is 2.93. The number of halogens is 1. The molecule has 1 fully saturated rings. The standard InChI is InChI=1S/C16H18ClN5O2S3/c17-11-2-1-3-12(8-11)21-4-6-22(7-5-21)14(24)10-26-16-20-19-15(27-16)25-9-13(18)23/h1-3,8H,4-7,9-10H2,(H2,18,23). The Morgan fingerprint density at radius 2 is 1.78 bits per heavy atom. The average Bonchev–Trinajstić information content (AvgIpc) is 3.12. The highest BCUT2D eigenvalue weighted by atomic mass is 35.5. The van der Waals surface area contributed by atoms with E-state index in [2.05, 4.69) is 15.1 Å². The third kappa shape index (κ3) is 6.00. The van der Waals surface area contributed by atoms with Crippen LogP contribution in [0.2, 0.25) is 5.02 Å². The molecule has 1 aromatic carbocycles. The van der Waals surface area contributed by atoms with Crippen LogP contribution < -0.4 is 10.6 Å². The van der Waals surface area contributed by atoms with Gasteiger partial charge in [-0.3, -0.25) is 9.59 Å². The van der Waals surface area contributed by atoms with E-state index in [4.69, 9.17) is 17.3 Å². The van der Waals surface area contributed by atoms with Gasteiger partial charge in [0, 0.05) is 36.9 Å². The largest absolute Gasteiger partial charge is 0.369 e. The van der Waals surface area contributed by atoms with E-state index in [-0.39, 0.29) is 11.7 Å². The molecule has 2 amide bonds. The number of rotatable bonds is 7. The second-order valence-corrected chi connectivity index (χ2v) is 9.58. The van der Waals surface area contributed by atoms with Crippen LogP contribution in [0.3, 0.4) is 0 Å². The zero-order valence-corrected chi connectivity index (χ0v) is 17.5. The predicted octanol–water partition coefficient (Wildman–Crippen LogP) is 2.21. The molecular formula is C16H18ClN5O2S3. The topological polar surface area (TPSA) is 92.4 Å². The number of thioether (sulfide) groups is 2. The molecule has 1 aliphatic rings. The molecule has 0 saturated carbocycles. The van der Waals surface area contributed by atoms with Gasteiger partial charge in [0.15, 0.2) is 8.68 Å². The number of carbonyl (C=O) groups excluding carboxylic acids is 2. The first-order valence-electron chi connectivity index (χ1n) is 8.17. The van der Waals surface area contributed by atoms with Gasteiger partial charge in [0.25, 0.3) is 0 Å². The van der Waals surface area contributed by atoms with E-state index >= 15 is 0 Å². The van der Waals surface area contributed by atoms with Crippen LogP contribution in [0.25, 0.3) is 0 Å². The molecule has 0 radical (unpaired) electrons. The molecule has 144 valence electrons. The summed E-state index contributed by atoms with van der Waals surface area (Å²) in [5, 5.41) is 8.74. The molecule has 2 heterocycles. The van der Waals surface area contributed by atoms with Crippen molar-refractivity contribution in [1.29, 1.82) is 0 Å². The summed E-state index contributed by atoms with van der Waals surface area (Å²) in [6.07, 6.45) is 0. The van der Waals surface area contributed by atoms with Gasteiger partial charge in [0.05, 0.1) is 11.5 Å². The summed E-state index contributed by atoms with van der Waals surface area (Å²) in [5.41, 5.74) is 6.20. The van der Waals surface area contributed by atoms with Gasteiger partial charge in [-0.2, -0.15) is 0 Å². The van der Waals surface area contributed by atoms with Gasteiger partial charge in [-0.1, -0.05) is 52.5 Å². The number of nitrogens with zero attached hydrogens (tertiary/aromatic N) is 4. The van der Waals surface area contributed by atoms with Gasteiger partial charge in [-0.05, 0) is 18.2 Å². The monoisotopic (exact) mass is 443 g/mol. The minimum absolute atomic E-state index is 0.0901. The Balaban J connectivity index is 1.44. The fraction of sp³-hybridized carbons (Fsp3) is 0.375. The Morgan fingerprint density at radius 3 is 2.41 bits per heavy atom. The molecule has 7 nitrogen and oxygen atoms in total. The third-order valence-corrected chi connectivity index (χ3v) is 7.28. The molecule has 0 aliphatic carbocycles. The SMILES string of the molecule is NC(=O)CSc1nnc(SCC(=O)N2CCN(c3cccc(Cl)c3)CC2)s1. The molecule has 27 heavy (non-hydrogen) atoms. The van der Waals surface area contributed by atoms with Gasteiger partial charge in [0.1, 0.15) is 0 Å². The molecule has 1 aliphatic heterocycles. The van der Waals surface area contributed by atoms with Crippen molar-refractivity contribution in [1.82, 2.24) is 15.1 Å². The molecular weight excluding hydrogens is 426 g/mol. The lowest BCUT2D eigenvalue weighted by Crippen LogP contribution is -2.49. The molecule has 0 unspecified atom stereocenters. The number of hydrogen-bond donors (Lipinski definition) is 1. The van der Waals surface area contributed by atoms with Crippen LogP contribution in [-0.4, -0.2) is 64.6 Å². The molecule has 1 aromatic heterocycles. The average molecular weight is 444 g/mol. The first-order chi connectivity index (χ1) is 13.0. The van der Waals surface area contributed by atoms with E-state index in [9.17, 15) is 9.59 Å². The Kier molecular flexibility index (Phi) is 7.22. The Labute approximate surface area is 174 Å². The molecule has 11 heteroatoms. The minimum atomic E-state index is -0.392. The highest BCUT2D eigenvalue weighted by Crippen LogP contribution is 2.29. The van der Waals surface area contributed by atoms with Crippen molar-refractivity contribution in [3.63, 3.8) is 0 Å². The second-order valence-electron chi connectivity index (χ2n) is 5.73. The Bertz CT molecular complexity index is 811. The van der Waals surface area contributed by atoms with E-state index in [0.717, 1.165) is 18.8 Å². The van der Waals surface area contributed by atoms with Crippen molar-refractivity contribution in [2.75, 3.05) is 42.6 Å². The molecule has 0 bridgehead atoms. The normalized spacial score (nSPS) is 14.4. The maximum atomic E-state index is 12.4. The van der Waals surface area contributed by atoms with Crippen molar-refractivity contribution < 1.29 is 9.59 Å². The van der Waals surface area contributed by atoms with Crippen LogP contribution in [0.4, 0.5) is 5.69 Å². The highest BCUT2D eigenvalue weighted by molar-refractivity contribution is 8.03. The second kappa shape index (κ2) is 9.63. The number of nitrogens with two attached hydrogens (primary N) is 1. The first-order valence-corrected chi connectivity index (χ1v) is 11.3. The van der Waals surface area contributed by atoms with Crippen LogP contribution in [0.5, 0.6) is 0 Å². The van der Waals surface area contributed by atoms with Crippen LogP contribution in [-0.2, 0) is 9.59 Å². The van der Waals surface area contributed by atoms with Crippen LogP contribution >= 0.6 is 46.5 Å². The van der Waals surface area contributed by atoms with E-state index < -0.39 is 5.91 Å². The predicted molar refractivity (Wildman–Crippen MR) is 111 cm³/mol. The molecule has 0 spiro atoms. The quantitative estimate of drug-likeness (QED) is 0.655. The summed E-state index contributed by atoms with van der Waals surface area (Å²) < 4.78 is 1.40. The lowest BCUT2D eigenvalue weighted by Gasteiger charge is -2.36. The van der Waals surface area contributed by atoms with E-state index in [1.54, 1.807) is 0 Å². The number of hydrogen-bond acceptors (Lipinski definition) is 8. The number of amides is 2. The lowest BCUT2D eigenvalue weighted by molar-refractivity contribution is -0.128. The van der Waals surface area contributed by atoms with Crippen molar-refractivity contribution in [3.05, 3.63) is 29.3 Å². The maximum absolute atomic E-state index is 12.4. The molecule has 0 atom stereocenters. The number of benzene rings is 1. The van der Waals surface area contributed by atoms with Crippen LogP contribution in [0, 0.1) is 0 Å².